The van der Waals surface area contributed by atoms with Gasteiger partial charge in [-0.1, -0.05) is 12.0 Å². The molecule has 7 nitrogen and oxygen atoms in total. The van der Waals surface area contributed by atoms with E-state index in [1.807, 2.05) is 11.8 Å². The molecule has 0 radical (unpaired) electrons. The molecule has 0 unspecified atom stereocenters. The van der Waals surface area contributed by atoms with Gasteiger partial charge in [-0.15, -0.1) is 5.10 Å². The lowest BCUT2D eigenvalue weighted by atomic mass is 10.3. The van der Waals surface area contributed by atoms with E-state index in [1.54, 1.807) is 17.0 Å². The molecule has 2 aromatic heterocycles. The number of carbonyl (C=O) groups is 1. The zero-order valence-corrected chi connectivity index (χ0v) is 11.3. The van der Waals surface area contributed by atoms with Gasteiger partial charge in [-0.05, 0) is 12.1 Å². The van der Waals surface area contributed by atoms with Gasteiger partial charge in [-0.25, -0.2) is 0 Å². The summed E-state index contributed by atoms with van der Waals surface area (Å²) in [6, 6.07) is 3.93. The molecule has 0 aliphatic carbocycles. The Kier molecular flexibility index (Phi) is 3.41. The fourth-order valence-corrected chi connectivity index (χ4v) is 2.17. The van der Waals surface area contributed by atoms with E-state index in [0.29, 0.717) is 43.8 Å². The van der Waals surface area contributed by atoms with Crippen molar-refractivity contribution < 1.29 is 13.6 Å². The Hall–Kier alpha value is -2.31. The zero-order chi connectivity index (χ0) is 13.9. The maximum Gasteiger partial charge on any atom is 0.318 e. The summed E-state index contributed by atoms with van der Waals surface area (Å²) >= 11 is 0. The Morgan fingerprint density at radius 1 is 1.30 bits per heavy atom. The first-order chi connectivity index (χ1) is 9.78. The fraction of sp³-hybridized carbons (Fsp3) is 0.462. The summed E-state index contributed by atoms with van der Waals surface area (Å²) in [5.74, 6) is 0.938. The van der Waals surface area contributed by atoms with Crippen LogP contribution in [0.25, 0.3) is 0 Å². The maximum absolute atomic E-state index is 12.1. The van der Waals surface area contributed by atoms with Crippen LogP contribution in [-0.4, -0.2) is 47.2 Å². The van der Waals surface area contributed by atoms with E-state index in [2.05, 4.69) is 10.2 Å². The van der Waals surface area contributed by atoms with Gasteiger partial charge >= 0.3 is 6.01 Å². The van der Waals surface area contributed by atoms with Gasteiger partial charge in [-0.2, -0.15) is 0 Å². The summed E-state index contributed by atoms with van der Waals surface area (Å²) in [6.07, 6.45) is 2.23. The predicted molar refractivity (Wildman–Crippen MR) is 70.5 cm³/mol. The number of furan rings is 1. The Morgan fingerprint density at radius 3 is 2.70 bits per heavy atom. The molecule has 0 saturated carbocycles. The highest BCUT2D eigenvalue weighted by molar-refractivity contribution is 5.91. The van der Waals surface area contributed by atoms with E-state index in [-0.39, 0.29) is 5.91 Å². The molecule has 3 rings (SSSR count). The molecular weight excluding hydrogens is 260 g/mol. The number of carbonyl (C=O) groups excluding carboxylic acids is 1. The number of nitrogens with zero attached hydrogens (tertiary/aromatic N) is 4. The van der Waals surface area contributed by atoms with E-state index < -0.39 is 0 Å². The molecule has 1 aliphatic rings. The van der Waals surface area contributed by atoms with Gasteiger partial charge in [0.2, 0.25) is 5.89 Å². The Bertz CT molecular complexity index is 570. The maximum atomic E-state index is 12.1. The van der Waals surface area contributed by atoms with Crippen LogP contribution in [-0.2, 0) is 6.42 Å². The second kappa shape index (κ2) is 5.36. The molecule has 0 aromatic carbocycles. The zero-order valence-electron chi connectivity index (χ0n) is 11.3. The molecule has 0 N–H and O–H groups in total. The van der Waals surface area contributed by atoms with Gasteiger partial charge in [0.15, 0.2) is 5.76 Å². The summed E-state index contributed by atoms with van der Waals surface area (Å²) in [4.78, 5) is 15.9. The van der Waals surface area contributed by atoms with E-state index in [9.17, 15) is 4.79 Å². The molecule has 1 fully saturated rings. The summed E-state index contributed by atoms with van der Waals surface area (Å²) in [5.41, 5.74) is 0. The minimum atomic E-state index is -0.0746. The largest absolute Gasteiger partial charge is 0.459 e. The number of amides is 1. The standard InChI is InChI=1S/C13H16N4O3/c1-2-11-14-15-13(20-11)17-7-5-16(6-8-17)12(18)10-4-3-9-19-10/h3-4,9H,2,5-8H2,1H3. The number of aromatic nitrogens is 2. The average Bonchev–Trinajstić information content (AvgIpc) is 3.18. The first-order valence-electron chi connectivity index (χ1n) is 6.68. The highest BCUT2D eigenvalue weighted by atomic mass is 16.4. The third-order valence-electron chi connectivity index (χ3n) is 3.33. The molecule has 20 heavy (non-hydrogen) atoms. The predicted octanol–water partition coefficient (Wildman–Crippen LogP) is 1.19. The van der Waals surface area contributed by atoms with Crippen LogP contribution in [0, 0.1) is 0 Å². The summed E-state index contributed by atoms with van der Waals surface area (Å²) in [7, 11) is 0. The number of aryl methyl sites for hydroxylation is 1. The number of piperazine rings is 1. The Balaban J connectivity index is 1.60. The van der Waals surface area contributed by atoms with Gasteiger partial charge in [0.05, 0.1) is 6.26 Å². The SMILES string of the molecule is CCc1nnc(N2CCN(C(=O)c3ccco3)CC2)o1. The van der Waals surface area contributed by atoms with Crippen LogP contribution in [0.4, 0.5) is 6.01 Å². The fourth-order valence-electron chi connectivity index (χ4n) is 2.17. The summed E-state index contributed by atoms with van der Waals surface area (Å²) in [5, 5.41) is 7.97. The minimum absolute atomic E-state index is 0.0746. The molecule has 106 valence electrons. The number of anilines is 1. The van der Waals surface area contributed by atoms with Crippen LogP contribution < -0.4 is 4.90 Å². The Morgan fingerprint density at radius 2 is 2.10 bits per heavy atom. The van der Waals surface area contributed by atoms with Gasteiger partial charge < -0.3 is 18.6 Å². The van der Waals surface area contributed by atoms with E-state index >= 15 is 0 Å². The molecule has 2 aromatic rings. The first-order valence-corrected chi connectivity index (χ1v) is 6.68. The van der Waals surface area contributed by atoms with Crippen molar-refractivity contribution in [3.8, 4) is 0 Å². The van der Waals surface area contributed by atoms with Crippen LogP contribution in [0.3, 0.4) is 0 Å². The third kappa shape index (κ3) is 2.38. The average molecular weight is 276 g/mol. The monoisotopic (exact) mass is 276 g/mol. The highest BCUT2D eigenvalue weighted by Crippen LogP contribution is 2.16. The lowest BCUT2D eigenvalue weighted by Crippen LogP contribution is -2.48. The van der Waals surface area contributed by atoms with Crippen molar-refractivity contribution in [2.24, 2.45) is 0 Å². The number of rotatable bonds is 3. The molecule has 0 bridgehead atoms. The van der Waals surface area contributed by atoms with E-state index in [1.165, 1.54) is 6.26 Å². The molecule has 0 spiro atoms. The van der Waals surface area contributed by atoms with E-state index in [4.69, 9.17) is 8.83 Å². The van der Waals surface area contributed by atoms with Crippen molar-refractivity contribution in [1.29, 1.82) is 0 Å². The molecule has 1 saturated heterocycles. The molecule has 3 heterocycles. The first kappa shape index (κ1) is 12.7. The van der Waals surface area contributed by atoms with Crippen molar-refractivity contribution in [1.82, 2.24) is 15.1 Å². The van der Waals surface area contributed by atoms with E-state index in [0.717, 1.165) is 6.42 Å². The molecule has 0 atom stereocenters. The van der Waals surface area contributed by atoms with Crippen molar-refractivity contribution in [3.05, 3.63) is 30.0 Å². The summed E-state index contributed by atoms with van der Waals surface area (Å²) in [6.45, 7) is 4.56. The van der Waals surface area contributed by atoms with Gasteiger partial charge in [0.25, 0.3) is 5.91 Å². The van der Waals surface area contributed by atoms with Gasteiger partial charge in [0.1, 0.15) is 0 Å². The number of hydrogen-bond acceptors (Lipinski definition) is 6. The Labute approximate surface area is 116 Å². The van der Waals surface area contributed by atoms with Crippen molar-refractivity contribution in [2.75, 3.05) is 31.1 Å². The van der Waals surface area contributed by atoms with Crippen LogP contribution in [0.15, 0.2) is 27.2 Å². The normalized spacial score (nSPS) is 15.7. The molecule has 7 heteroatoms. The second-order valence-corrected chi connectivity index (χ2v) is 4.59. The smallest absolute Gasteiger partial charge is 0.318 e. The van der Waals surface area contributed by atoms with Gasteiger partial charge in [0, 0.05) is 32.6 Å². The molecular formula is C13H16N4O3. The van der Waals surface area contributed by atoms with Crippen molar-refractivity contribution in [2.45, 2.75) is 13.3 Å². The van der Waals surface area contributed by atoms with Crippen LogP contribution in [0.2, 0.25) is 0 Å². The van der Waals surface area contributed by atoms with Crippen molar-refractivity contribution >= 4 is 11.9 Å². The quantitative estimate of drug-likeness (QED) is 0.838. The highest BCUT2D eigenvalue weighted by Gasteiger charge is 2.25. The summed E-state index contributed by atoms with van der Waals surface area (Å²) < 4.78 is 10.7. The topological polar surface area (TPSA) is 75.6 Å². The van der Waals surface area contributed by atoms with Gasteiger partial charge in [-0.3, -0.25) is 4.79 Å². The number of hydrogen-bond donors (Lipinski definition) is 0. The minimum Gasteiger partial charge on any atom is -0.459 e. The lowest BCUT2D eigenvalue weighted by Gasteiger charge is -2.33. The van der Waals surface area contributed by atoms with Crippen LogP contribution >= 0.6 is 0 Å². The van der Waals surface area contributed by atoms with Crippen LogP contribution in [0.5, 0.6) is 0 Å². The molecule has 1 amide bonds. The third-order valence-corrected chi connectivity index (χ3v) is 3.33. The lowest BCUT2D eigenvalue weighted by molar-refractivity contribution is 0.0713. The van der Waals surface area contributed by atoms with Crippen molar-refractivity contribution in [3.63, 3.8) is 0 Å². The molecule has 1 aliphatic heterocycles. The second-order valence-electron chi connectivity index (χ2n) is 4.59. The van der Waals surface area contributed by atoms with Crippen LogP contribution in [0.1, 0.15) is 23.4 Å².